The number of aromatic nitrogens is 2. The van der Waals surface area contributed by atoms with E-state index < -0.39 is 0 Å². The largest absolute Gasteiger partial charge is 0.348 e. The summed E-state index contributed by atoms with van der Waals surface area (Å²) in [4.78, 5) is 19.4. The number of aryl methyl sites for hydroxylation is 1. The number of nitrogens with zero attached hydrogens (tertiary/aromatic N) is 3. The lowest BCUT2D eigenvalue weighted by Gasteiger charge is -2.37. The van der Waals surface area contributed by atoms with Crippen LogP contribution in [0.15, 0.2) is 24.4 Å². The number of fused-ring (bicyclic) bond motifs is 1. The second-order valence-electron chi connectivity index (χ2n) is 6.19. The minimum atomic E-state index is -0.294. The maximum absolute atomic E-state index is 13.0. The van der Waals surface area contributed by atoms with Gasteiger partial charge in [-0.05, 0) is 38.3 Å². The monoisotopic (exact) mass is 315 g/mol. The van der Waals surface area contributed by atoms with E-state index in [1.807, 2.05) is 40.6 Å². The molecule has 0 saturated carbocycles. The third-order valence-electron chi connectivity index (χ3n) is 4.69. The first-order valence-corrected chi connectivity index (χ1v) is 8.23. The topological polar surface area (TPSA) is 56.1 Å². The van der Waals surface area contributed by atoms with E-state index in [1.54, 1.807) is 0 Å². The van der Waals surface area contributed by atoms with Crippen LogP contribution in [0, 0.1) is 6.92 Å². The predicted octanol–water partition coefficient (Wildman–Crippen LogP) is 2.01. The zero-order valence-corrected chi connectivity index (χ0v) is 13.3. The number of piperidine rings is 1. The number of pyridine rings is 1. The summed E-state index contributed by atoms with van der Waals surface area (Å²) in [6.07, 6.45) is 4.57. The van der Waals surface area contributed by atoms with Gasteiger partial charge in [-0.25, -0.2) is 4.98 Å². The maximum atomic E-state index is 13.0. The Bertz CT molecular complexity index is 721. The highest BCUT2D eigenvalue weighted by molar-refractivity contribution is 5.93. The average molecular weight is 315 g/mol. The Morgan fingerprint density at radius 3 is 2.87 bits per heavy atom. The molecule has 1 atom stereocenters. The van der Waals surface area contributed by atoms with Crippen LogP contribution in [0.5, 0.6) is 0 Å². The summed E-state index contributed by atoms with van der Waals surface area (Å²) in [6.45, 7) is 3.96. The van der Waals surface area contributed by atoms with Gasteiger partial charge >= 0.3 is 0 Å². The highest BCUT2D eigenvalue weighted by atomic mass is 16.7. The van der Waals surface area contributed by atoms with Crippen molar-refractivity contribution in [1.82, 2.24) is 14.3 Å². The van der Waals surface area contributed by atoms with Gasteiger partial charge in [0.05, 0.1) is 19.3 Å². The van der Waals surface area contributed by atoms with Crippen molar-refractivity contribution in [3.8, 4) is 0 Å². The van der Waals surface area contributed by atoms with Crippen LogP contribution in [0.2, 0.25) is 0 Å². The molecule has 6 heteroatoms. The number of amides is 1. The van der Waals surface area contributed by atoms with Crippen molar-refractivity contribution in [2.45, 2.75) is 38.5 Å². The van der Waals surface area contributed by atoms with E-state index in [-0.39, 0.29) is 18.2 Å². The molecule has 2 saturated heterocycles. The number of carbonyl (C=O) groups excluding carboxylic acids is 1. The van der Waals surface area contributed by atoms with Crippen LogP contribution in [-0.2, 0) is 9.47 Å². The first-order chi connectivity index (χ1) is 11.2. The summed E-state index contributed by atoms with van der Waals surface area (Å²) < 4.78 is 13.2. The van der Waals surface area contributed by atoms with Crippen LogP contribution in [0.1, 0.15) is 35.4 Å². The Hall–Kier alpha value is -1.92. The number of hydrogen-bond acceptors (Lipinski definition) is 4. The number of carbonyl (C=O) groups is 1. The predicted molar refractivity (Wildman–Crippen MR) is 84.3 cm³/mol. The minimum Gasteiger partial charge on any atom is -0.348 e. The van der Waals surface area contributed by atoms with E-state index in [1.165, 1.54) is 0 Å². The molecule has 0 N–H and O–H groups in total. The summed E-state index contributed by atoms with van der Waals surface area (Å²) in [5, 5.41) is 0. The molecule has 1 unspecified atom stereocenters. The lowest BCUT2D eigenvalue weighted by Crippen LogP contribution is -2.50. The molecular weight excluding hydrogens is 294 g/mol. The Morgan fingerprint density at radius 1 is 1.26 bits per heavy atom. The molecule has 0 radical (unpaired) electrons. The molecular formula is C17H21N3O3. The van der Waals surface area contributed by atoms with Crippen LogP contribution < -0.4 is 0 Å². The summed E-state index contributed by atoms with van der Waals surface area (Å²) >= 11 is 0. The average Bonchev–Trinajstić information content (AvgIpc) is 3.24. The number of likely N-dealkylation sites (tertiary alicyclic amines) is 1. The van der Waals surface area contributed by atoms with Crippen LogP contribution in [0.4, 0.5) is 0 Å². The van der Waals surface area contributed by atoms with Gasteiger partial charge in [-0.15, -0.1) is 0 Å². The van der Waals surface area contributed by atoms with Crippen molar-refractivity contribution in [2.75, 3.05) is 19.8 Å². The molecule has 0 bridgehead atoms. The Balaban J connectivity index is 1.63. The highest BCUT2D eigenvalue weighted by Gasteiger charge is 2.37. The normalized spacial score (nSPS) is 22.8. The van der Waals surface area contributed by atoms with Crippen molar-refractivity contribution in [3.63, 3.8) is 0 Å². The lowest BCUT2D eigenvalue weighted by atomic mass is 10.0. The molecule has 0 aliphatic carbocycles. The third kappa shape index (κ3) is 2.62. The standard InChI is InChI=1S/C17H21N3O3/c1-12-5-4-7-15-18-13(11-20(12)15)16(21)19-8-3-2-6-14(19)17-22-9-10-23-17/h4-5,7,11,14,17H,2-3,6,8-10H2,1H3. The van der Waals surface area contributed by atoms with Gasteiger partial charge in [0.25, 0.3) is 5.91 Å². The van der Waals surface area contributed by atoms with Crippen molar-refractivity contribution in [1.29, 1.82) is 0 Å². The van der Waals surface area contributed by atoms with Gasteiger partial charge in [0.1, 0.15) is 11.3 Å². The van der Waals surface area contributed by atoms with Crippen molar-refractivity contribution in [2.24, 2.45) is 0 Å². The van der Waals surface area contributed by atoms with E-state index in [0.29, 0.717) is 18.9 Å². The van der Waals surface area contributed by atoms with Gasteiger partial charge in [0.15, 0.2) is 6.29 Å². The van der Waals surface area contributed by atoms with Gasteiger partial charge in [-0.1, -0.05) is 6.07 Å². The van der Waals surface area contributed by atoms with Crippen molar-refractivity contribution >= 4 is 11.6 Å². The Morgan fingerprint density at radius 2 is 2.09 bits per heavy atom. The zero-order chi connectivity index (χ0) is 15.8. The number of hydrogen-bond donors (Lipinski definition) is 0. The molecule has 23 heavy (non-hydrogen) atoms. The van der Waals surface area contributed by atoms with E-state index in [9.17, 15) is 4.79 Å². The molecule has 2 aliphatic heterocycles. The fraction of sp³-hybridized carbons (Fsp3) is 0.529. The number of imidazole rings is 1. The second-order valence-corrected chi connectivity index (χ2v) is 6.19. The van der Waals surface area contributed by atoms with E-state index >= 15 is 0 Å². The third-order valence-corrected chi connectivity index (χ3v) is 4.69. The van der Waals surface area contributed by atoms with Crippen LogP contribution in [-0.4, -0.2) is 52.3 Å². The number of rotatable bonds is 2. The molecule has 2 fully saturated rings. The van der Waals surface area contributed by atoms with Gasteiger partial charge in [0.2, 0.25) is 0 Å². The number of ether oxygens (including phenoxy) is 2. The molecule has 0 aromatic carbocycles. The quantitative estimate of drug-likeness (QED) is 0.851. The zero-order valence-electron chi connectivity index (χ0n) is 13.3. The van der Waals surface area contributed by atoms with E-state index in [0.717, 1.165) is 37.1 Å². The van der Waals surface area contributed by atoms with Gasteiger partial charge in [-0.2, -0.15) is 0 Å². The van der Waals surface area contributed by atoms with Gasteiger partial charge < -0.3 is 18.8 Å². The molecule has 2 aromatic rings. The van der Waals surface area contributed by atoms with Crippen molar-refractivity contribution < 1.29 is 14.3 Å². The second kappa shape index (κ2) is 5.94. The Kier molecular flexibility index (Phi) is 3.79. The summed E-state index contributed by atoms with van der Waals surface area (Å²) in [5.74, 6) is -0.0306. The molecule has 6 nitrogen and oxygen atoms in total. The van der Waals surface area contributed by atoms with E-state index in [4.69, 9.17) is 9.47 Å². The van der Waals surface area contributed by atoms with Gasteiger partial charge in [0, 0.05) is 18.4 Å². The summed E-state index contributed by atoms with van der Waals surface area (Å²) in [6, 6.07) is 5.87. The van der Waals surface area contributed by atoms with Gasteiger partial charge in [-0.3, -0.25) is 4.79 Å². The van der Waals surface area contributed by atoms with Crippen LogP contribution >= 0.6 is 0 Å². The summed E-state index contributed by atoms with van der Waals surface area (Å²) in [5.41, 5.74) is 2.35. The lowest BCUT2D eigenvalue weighted by molar-refractivity contribution is -0.100. The molecule has 1 amide bonds. The maximum Gasteiger partial charge on any atom is 0.274 e. The molecule has 4 rings (SSSR count). The molecule has 122 valence electrons. The minimum absolute atomic E-state index is 0.00957. The molecule has 4 heterocycles. The fourth-order valence-corrected chi connectivity index (χ4v) is 3.49. The Labute approximate surface area is 135 Å². The molecule has 2 aliphatic rings. The first-order valence-electron chi connectivity index (χ1n) is 8.23. The summed E-state index contributed by atoms with van der Waals surface area (Å²) in [7, 11) is 0. The first kappa shape index (κ1) is 14.7. The van der Waals surface area contributed by atoms with Crippen molar-refractivity contribution in [3.05, 3.63) is 35.8 Å². The highest BCUT2D eigenvalue weighted by Crippen LogP contribution is 2.26. The smallest absolute Gasteiger partial charge is 0.274 e. The fourth-order valence-electron chi connectivity index (χ4n) is 3.49. The van der Waals surface area contributed by atoms with Crippen LogP contribution in [0.3, 0.4) is 0 Å². The molecule has 2 aromatic heterocycles. The van der Waals surface area contributed by atoms with E-state index in [2.05, 4.69) is 4.98 Å². The van der Waals surface area contributed by atoms with Crippen LogP contribution in [0.25, 0.3) is 5.65 Å². The SMILES string of the molecule is Cc1cccc2nc(C(=O)N3CCCCC3C3OCCO3)cn12. The molecule has 0 spiro atoms.